The summed E-state index contributed by atoms with van der Waals surface area (Å²) in [6.07, 6.45) is 35.7. The van der Waals surface area contributed by atoms with Crippen molar-refractivity contribution in [1.82, 2.24) is 19.6 Å². The van der Waals surface area contributed by atoms with Crippen molar-refractivity contribution in [3.63, 3.8) is 0 Å². The van der Waals surface area contributed by atoms with Crippen molar-refractivity contribution in [1.29, 1.82) is 0 Å². The van der Waals surface area contributed by atoms with E-state index in [0.29, 0.717) is 90.1 Å². The number of amides is 2. The van der Waals surface area contributed by atoms with Gasteiger partial charge in [-0.15, -0.1) is 0 Å². The molecule has 0 aromatic heterocycles. The molecule has 444 valence electrons. The topological polar surface area (TPSA) is 138 Å². The third-order valence-corrected chi connectivity index (χ3v) is 14.8. The maximum Gasteiger partial charge on any atom is 0.409 e. The minimum atomic E-state index is -0.302. The summed E-state index contributed by atoms with van der Waals surface area (Å²) in [5, 5.41) is 9.41. The highest BCUT2D eigenvalue weighted by atomic mass is 16.6. The Morgan fingerprint density at radius 3 is 1.04 bits per heavy atom. The van der Waals surface area contributed by atoms with Crippen LogP contribution in [0, 0.1) is 11.8 Å². The van der Waals surface area contributed by atoms with Crippen LogP contribution in [-0.2, 0) is 28.5 Å². The van der Waals surface area contributed by atoms with Gasteiger partial charge < -0.3 is 38.8 Å². The SMILES string of the molecule is CCCCCCCN(CCCCCC(=O)OCC(CCCCC)CCCCC)C(=O)OCCN(CCOC(=O)N(CCCCCCC)CCCCCC(=O)OCC(CCCCC)CCCCC)CCN(C)CCCO. The summed E-state index contributed by atoms with van der Waals surface area (Å²) in [4.78, 5) is 60.8. The van der Waals surface area contributed by atoms with Crippen LogP contribution < -0.4 is 0 Å². The monoisotopic (exact) mass is 1070 g/mol. The van der Waals surface area contributed by atoms with Crippen molar-refractivity contribution < 1.29 is 43.2 Å². The smallest absolute Gasteiger partial charge is 0.409 e. The van der Waals surface area contributed by atoms with Crippen LogP contribution in [0.1, 0.15) is 266 Å². The van der Waals surface area contributed by atoms with Gasteiger partial charge in [-0.25, -0.2) is 9.59 Å². The molecule has 2 amide bonds. The van der Waals surface area contributed by atoms with Crippen LogP contribution in [0.2, 0.25) is 0 Å². The molecule has 0 saturated heterocycles. The van der Waals surface area contributed by atoms with Crippen LogP contribution >= 0.6 is 0 Å². The van der Waals surface area contributed by atoms with Crippen molar-refractivity contribution in [2.75, 3.05) is 99.0 Å². The summed E-state index contributed by atoms with van der Waals surface area (Å²) in [6, 6.07) is 0. The molecule has 0 bridgehead atoms. The van der Waals surface area contributed by atoms with Gasteiger partial charge in [0.05, 0.1) is 13.2 Å². The van der Waals surface area contributed by atoms with Crippen molar-refractivity contribution in [2.45, 2.75) is 266 Å². The zero-order chi connectivity index (χ0) is 55.3. The van der Waals surface area contributed by atoms with Gasteiger partial charge in [0, 0.05) is 78.4 Å². The molecule has 75 heavy (non-hydrogen) atoms. The maximum absolute atomic E-state index is 13.6. The molecule has 13 heteroatoms. The van der Waals surface area contributed by atoms with Crippen LogP contribution in [0.15, 0.2) is 0 Å². The molecule has 0 aliphatic carbocycles. The first kappa shape index (κ1) is 72.4. The molecule has 0 aliphatic rings. The Balaban J connectivity index is 5.39. The van der Waals surface area contributed by atoms with Gasteiger partial charge in [-0.1, -0.05) is 183 Å². The van der Waals surface area contributed by atoms with Crippen LogP contribution in [0.4, 0.5) is 9.59 Å². The zero-order valence-corrected chi connectivity index (χ0v) is 50.3. The maximum atomic E-state index is 13.6. The Labute approximate surface area is 462 Å². The molecule has 0 rings (SSSR count). The number of aliphatic hydroxyl groups is 1. The number of esters is 2. The standard InChI is InChI=1S/C62H122N4O9/c1-8-14-20-22-32-44-65(46-34-24-30-41-59(68)74-55-57(37-26-16-10-3)38-27-17-11-4)61(70)72-53-50-64(49-48-63(7)43-36-52-67)51-54-73-62(71)66(45-33-23-21-15-9-2)47-35-25-31-42-60(69)75-56-58(39-28-18-12-5)40-29-19-13-6/h57-58,67H,8-56H2,1-7H3. The van der Waals surface area contributed by atoms with E-state index in [4.69, 9.17) is 18.9 Å². The molecule has 1 N–H and O–H groups in total. The van der Waals surface area contributed by atoms with E-state index in [1.807, 2.05) is 16.8 Å². The Bertz CT molecular complexity index is 1190. The fraction of sp³-hybridized carbons (Fsp3) is 0.935. The summed E-state index contributed by atoms with van der Waals surface area (Å²) in [5.74, 6) is 0.698. The van der Waals surface area contributed by atoms with E-state index in [9.17, 15) is 24.3 Å². The van der Waals surface area contributed by atoms with Gasteiger partial charge >= 0.3 is 24.1 Å². The van der Waals surface area contributed by atoms with Crippen LogP contribution in [0.5, 0.6) is 0 Å². The average molecular weight is 1070 g/mol. The predicted molar refractivity (Wildman–Crippen MR) is 311 cm³/mol. The summed E-state index contributed by atoms with van der Waals surface area (Å²) >= 11 is 0. The number of hydrogen-bond donors (Lipinski definition) is 1. The number of carbonyl (C=O) groups excluding carboxylic acids is 4. The normalized spacial score (nSPS) is 11.6. The van der Waals surface area contributed by atoms with Crippen LogP contribution in [-0.4, -0.2) is 148 Å². The van der Waals surface area contributed by atoms with Crippen molar-refractivity contribution in [3.05, 3.63) is 0 Å². The van der Waals surface area contributed by atoms with E-state index < -0.39 is 0 Å². The molecule has 0 heterocycles. The van der Waals surface area contributed by atoms with E-state index >= 15 is 0 Å². The number of rotatable bonds is 56. The summed E-state index contributed by atoms with van der Waals surface area (Å²) < 4.78 is 23.5. The summed E-state index contributed by atoms with van der Waals surface area (Å²) in [5.41, 5.74) is 0. The lowest BCUT2D eigenvalue weighted by Gasteiger charge is -2.27. The van der Waals surface area contributed by atoms with E-state index in [0.717, 1.165) is 129 Å². The van der Waals surface area contributed by atoms with Gasteiger partial charge in [-0.05, 0) is 89.5 Å². The fourth-order valence-corrected chi connectivity index (χ4v) is 9.63. The van der Waals surface area contributed by atoms with Crippen LogP contribution in [0.25, 0.3) is 0 Å². The highest BCUT2D eigenvalue weighted by Crippen LogP contribution is 2.21. The number of unbranched alkanes of at least 4 members (excludes halogenated alkanes) is 20. The molecule has 0 atom stereocenters. The van der Waals surface area contributed by atoms with Crippen molar-refractivity contribution in [3.8, 4) is 0 Å². The number of hydrogen-bond acceptors (Lipinski definition) is 11. The van der Waals surface area contributed by atoms with Crippen molar-refractivity contribution in [2.24, 2.45) is 11.8 Å². The number of likely N-dealkylation sites (N-methyl/N-ethyl adjacent to an activating group) is 1. The van der Waals surface area contributed by atoms with E-state index in [1.54, 1.807) is 0 Å². The Morgan fingerprint density at radius 1 is 0.360 bits per heavy atom. The molecule has 0 saturated carbocycles. The molecule has 0 fully saturated rings. The van der Waals surface area contributed by atoms with Crippen molar-refractivity contribution >= 4 is 24.1 Å². The molecule has 0 unspecified atom stereocenters. The lowest BCUT2D eigenvalue weighted by molar-refractivity contribution is -0.146. The highest BCUT2D eigenvalue weighted by molar-refractivity contribution is 5.70. The first-order valence-electron chi connectivity index (χ1n) is 31.7. The Morgan fingerprint density at radius 2 is 0.693 bits per heavy atom. The lowest BCUT2D eigenvalue weighted by atomic mass is 9.96. The first-order chi connectivity index (χ1) is 36.6. The average Bonchev–Trinajstić information content (AvgIpc) is 3.40. The minimum absolute atomic E-state index is 0.108. The van der Waals surface area contributed by atoms with Gasteiger partial charge in [0.25, 0.3) is 0 Å². The molecule has 13 nitrogen and oxygen atoms in total. The fourth-order valence-electron chi connectivity index (χ4n) is 9.63. The van der Waals surface area contributed by atoms with E-state index in [-0.39, 0.29) is 43.9 Å². The number of aliphatic hydroxyl groups excluding tert-OH is 1. The summed E-state index contributed by atoms with van der Waals surface area (Å²) in [6.45, 7) is 20.7. The summed E-state index contributed by atoms with van der Waals surface area (Å²) in [7, 11) is 2.04. The Kier molecular flexibility index (Phi) is 52.8. The lowest BCUT2D eigenvalue weighted by Crippen LogP contribution is -2.40. The van der Waals surface area contributed by atoms with E-state index in [1.165, 1.54) is 89.9 Å². The number of carbonyl (C=O) groups is 4. The highest BCUT2D eigenvalue weighted by Gasteiger charge is 2.19. The second kappa shape index (κ2) is 54.7. The third kappa shape index (κ3) is 46.0. The van der Waals surface area contributed by atoms with Gasteiger partial charge in [0.1, 0.15) is 13.2 Å². The zero-order valence-electron chi connectivity index (χ0n) is 50.3. The quantitative estimate of drug-likeness (QED) is 0.0354. The second-order valence-corrected chi connectivity index (χ2v) is 22.0. The number of ether oxygens (including phenoxy) is 4. The molecule has 0 aliphatic heterocycles. The molecular weight excluding hydrogens is 945 g/mol. The Hall–Kier alpha value is -2.64. The molecule has 0 aromatic rings. The van der Waals surface area contributed by atoms with Gasteiger partial charge in [0.15, 0.2) is 0 Å². The first-order valence-corrected chi connectivity index (χ1v) is 31.7. The van der Waals surface area contributed by atoms with Crippen LogP contribution in [0.3, 0.4) is 0 Å². The van der Waals surface area contributed by atoms with Gasteiger partial charge in [-0.3, -0.25) is 14.5 Å². The molecular formula is C62H122N4O9. The molecule has 0 spiro atoms. The predicted octanol–water partition coefficient (Wildman–Crippen LogP) is 15.2. The minimum Gasteiger partial charge on any atom is -0.465 e. The number of nitrogens with zero attached hydrogens (tertiary/aromatic N) is 4. The van der Waals surface area contributed by atoms with Gasteiger partial charge in [0.2, 0.25) is 0 Å². The third-order valence-electron chi connectivity index (χ3n) is 14.8. The van der Waals surface area contributed by atoms with E-state index in [2.05, 4.69) is 51.3 Å². The largest absolute Gasteiger partial charge is 0.465 e. The second-order valence-electron chi connectivity index (χ2n) is 22.0. The molecule has 0 aromatic carbocycles. The van der Waals surface area contributed by atoms with Gasteiger partial charge in [-0.2, -0.15) is 0 Å². The molecule has 0 radical (unpaired) electrons.